The van der Waals surface area contributed by atoms with Crippen LogP contribution in [0.2, 0.25) is 0 Å². The lowest BCUT2D eigenvalue weighted by Gasteiger charge is -2.11. The van der Waals surface area contributed by atoms with Gasteiger partial charge in [0, 0.05) is 12.1 Å². The third-order valence-corrected chi connectivity index (χ3v) is 3.59. The second-order valence-electron chi connectivity index (χ2n) is 4.97. The van der Waals surface area contributed by atoms with Crippen molar-refractivity contribution in [2.75, 3.05) is 0 Å². The molecule has 0 aliphatic rings. The van der Waals surface area contributed by atoms with Crippen LogP contribution in [0.3, 0.4) is 0 Å². The number of aliphatic hydroxyl groups is 1. The Bertz CT molecular complexity index is 576. The number of unbranched alkanes of at least 4 members (excludes halogenated alkanes) is 2. The zero-order chi connectivity index (χ0) is 14.4. The topological polar surface area (TPSA) is 53.8 Å². The fourth-order valence-corrected chi connectivity index (χ4v) is 2.51. The molecule has 4 nitrogen and oxygen atoms in total. The summed E-state index contributed by atoms with van der Waals surface area (Å²) in [6.45, 7) is 2.16. The highest BCUT2D eigenvalue weighted by Gasteiger charge is 2.13. The molecule has 2 rings (SSSR count). The Morgan fingerprint density at radius 3 is 2.75 bits per heavy atom. The lowest BCUT2D eigenvalue weighted by atomic mass is 10.1. The summed E-state index contributed by atoms with van der Waals surface area (Å²) in [5.41, 5.74) is 0.974. The summed E-state index contributed by atoms with van der Waals surface area (Å²) in [4.78, 5) is 0. The van der Waals surface area contributed by atoms with Gasteiger partial charge in [0.15, 0.2) is 4.77 Å². The highest BCUT2D eigenvalue weighted by atomic mass is 32.1. The minimum Gasteiger partial charge on any atom is -0.393 e. The Balaban J connectivity index is 2.12. The molecule has 1 aromatic heterocycles. The van der Waals surface area contributed by atoms with Crippen LogP contribution < -0.4 is 0 Å². The molecular weight excluding hydrogens is 270 g/mol. The molecule has 0 radical (unpaired) electrons. The monoisotopic (exact) mass is 291 g/mol. The van der Waals surface area contributed by atoms with Crippen molar-refractivity contribution in [3.8, 4) is 5.69 Å². The third kappa shape index (κ3) is 3.77. The average molecular weight is 291 g/mol. The van der Waals surface area contributed by atoms with E-state index < -0.39 is 0 Å². The van der Waals surface area contributed by atoms with Gasteiger partial charge in [0.2, 0.25) is 0 Å². The molecule has 0 saturated heterocycles. The van der Waals surface area contributed by atoms with Gasteiger partial charge >= 0.3 is 0 Å². The van der Waals surface area contributed by atoms with Gasteiger partial charge in [-0.3, -0.25) is 9.67 Å². The normalized spacial score (nSPS) is 12.5. The first-order valence-electron chi connectivity index (χ1n) is 7.12. The Kier molecular flexibility index (Phi) is 5.49. The molecule has 0 amide bonds. The van der Waals surface area contributed by atoms with Crippen LogP contribution in [0.1, 0.15) is 38.4 Å². The van der Waals surface area contributed by atoms with E-state index in [1.807, 2.05) is 34.9 Å². The molecule has 1 unspecified atom stereocenters. The molecule has 108 valence electrons. The molecule has 0 fully saturated rings. The van der Waals surface area contributed by atoms with Gasteiger partial charge in [0.05, 0.1) is 6.10 Å². The first kappa shape index (κ1) is 14.9. The highest BCUT2D eigenvalue weighted by molar-refractivity contribution is 7.71. The number of aromatic amines is 1. The van der Waals surface area contributed by atoms with Crippen molar-refractivity contribution in [1.29, 1.82) is 0 Å². The molecule has 0 bridgehead atoms. The largest absolute Gasteiger partial charge is 0.393 e. The van der Waals surface area contributed by atoms with Crippen molar-refractivity contribution in [3.05, 3.63) is 40.9 Å². The molecule has 2 N–H and O–H groups in total. The summed E-state index contributed by atoms with van der Waals surface area (Å²) < 4.78 is 2.45. The summed E-state index contributed by atoms with van der Waals surface area (Å²) in [5.74, 6) is 0.783. The van der Waals surface area contributed by atoms with Crippen molar-refractivity contribution in [2.24, 2.45) is 0 Å². The number of hydrogen-bond acceptors (Lipinski definition) is 3. The van der Waals surface area contributed by atoms with Gasteiger partial charge in [-0.15, -0.1) is 0 Å². The number of H-pyrrole nitrogens is 1. The first-order valence-corrected chi connectivity index (χ1v) is 7.53. The predicted molar refractivity (Wildman–Crippen MR) is 82.6 cm³/mol. The maximum absolute atomic E-state index is 10.1. The number of para-hydroxylation sites is 1. The second-order valence-corrected chi connectivity index (χ2v) is 5.36. The Hall–Kier alpha value is -1.46. The van der Waals surface area contributed by atoms with E-state index in [0.29, 0.717) is 11.2 Å². The van der Waals surface area contributed by atoms with Crippen LogP contribution in [0.25, 0.3) is 5.69 Å². The number of rotatable bonds is 7. The van der Waals surface area contributed by atoms with Crippen molar-refractivity contribution in [1.82, 2.24) is 14.8 Å². The number of aromatic nitrogens is 3. The van der Waals surface area contributed by atoms with Crippen molar-refractivity contribution in [2.45, 2.75) is 45.1 Å². The zero-order valence-corrected chi connectivity index (χ0v) is 12.6. The minimum atomic E-state index is -0.366. The molecule has 0 aliphatic heterocycles. The third-order valence-electron chi connectivity index (χ3n) is 3.32. The molecule has 5 heteroatoms. The molecule has 0 saturated carbocycles. The molecule has 1 atom stereocenters. The van der Waals surface area contributed by atoms with Gasteiger partial charge in [-0.1, -0.05) is 44.4 Å². The summed E-state index contributed by atoms with van der Waals surface area (Å²) >= 11 is 5.28. The van der Waals surface area contributed by atoms with E-state index in [0.717, 1.165) is 37.2 Å². The fraction of sp³-hybridized carbons (Fsp3) is 0.467. The van der Waals surface area contributed by atoms with Crippen LogP contribution in [0, 0.1) is 4.77 Å². The lowest BCUT2D eigenvalue weighted by Crippen LogP contribution is -2.14. The number of nitrogens with zero attached hydrogens (tertiary/aromatic N) is 2. The van der Waals surface area contributed by atoms with Crippen LogP contribution in [0.15, 0.2) is 30.3 Å². The summed E-state index contributed by atoms with van der Waals surface area (Å²) in [6, 6.07) is 9.86. The number of hydrogen-bond donors (Lipinski definition) is 2. The van der Waals surface area contributed by atoms with E-state index in [9.17, 15) is 5.11 Å². The Morgan fingerprint density at radius 1 is 1.30 bits per heavy atom. The van der Waals surface area contributed by atoms with Gasteiger partial charge in [-0.2, -0.15) is 5.10 Å². The SMILES string of the molecule is CCCCCC(O)Cc1n[nH]c(=S)n1-c1ccccc1. The number of nitrogens with one attached hydrogen (secondary N) is 1. The molecule has 0 spiro atoms. The smallest absolute Gasteiger partial charge is 0.199 e. The summed E-state index contributed by atoms with van der Waals surface area (Å²) in [5, 5.41) is 17.2. The minimum absolute atomic E-state index is 0.366. The van der Waals surface area contributed by atoms with Gasteiger partial charge in [-0.25, -0.2) is 0 Å². The zero-order valence-electron chi connectivity index (χ0n) is 11.7. The summed E-state index contributed by atoms with van der Waals surface area (Å²) in [7, 11) is 0. The second kappa shape index (κ2) is 7.36. The number of benzene rings is 1. The standard InChI is InChI=1S/C15H21N3OS/c1-2-3-5-10-13(19)11-14-16-17-15(20)18(14)12-8-6-4-7-9-12/h4,6-9,13,19H,2-3,5,10-11H2,1H3,(H,17,20). The van der Waals surface area contributed by atoms with Crippen molar-refractivity contribution in [3.63, 3.8) is 0 Å². The molecule has 20 heavy (non-hydrogen) atoms. The molecule has 1 aromatic carbocycles. The van der Waals surface area contributed by atoms with E-state index in [2.05, 4.69) is 17.1 Å². The van der Waals surface area contributed by atoms with E-state index in [1.54, 1.807) is 0 Å². The van der Waals surface area contributed by atoms with Crippen LogP contribution in [-0.4, -0.2) is 26.0 Å². The lowest BCUT2D eigenvalue weighted by molar-refractivity contribution is 0.158. The van der Waals surface area contributed by atoms with Crippen LogP contribution in [0.4, 0.5) is 0 Å². The summed E-state index contributed by atoms with van der Waals surface area (Å²) in [6.07, 6.45) is 4.33. The molecular formula is C15H21N3OS. The predicted octanol–water partition coefficient (Wildman–Crippen LogP) is 3.41. The Labute approximate surface area is 124 Å². The maximum atomic E-state index is 10.1. The number of aliphatic hydroxyl groups excluding tert-OH is 1. The van der Waals surface area contributed by atoms with E-state index in [-0.39, 0.29) is 6.10 Å². The Morgan fingerprint density at radius 2 is 2.05 bits per heavy atom. The van der Waals surface area contributed by atoms with Crippen molar-refractivity contribution >= 4 is 12.2 Å². The van der Waals surface area contributed by atoms with Crippen LogP contribution in [0.5, 0.6) is 0 Å². The van der Waals surface area contributed by atoms with Crippen molar-refractivity contribution < 1.29 is 5.11 Å². The quantitative estimate of drug-likeness (QED) is 0.607. The van der Waals surface area contributed by atoms with Gasteiger partial charge in [0.1, 0.15) is 5.82 Å². The van der Waals surface area contributed by atoms with Gasteiger partial charge in [-0.05, 0) is 30.8 Å². The van der Waals surface area contributed by atoms with Crippen LogP contribution >= 0.6 is 12.2 Å². The average Bonchev–Trinajstić information content (AvgIpc) is 2.81. The first-order chi connectivity index (χ1) is 9.72. The fourth-order valence-electron chi connectivity index (χ4n) is 2.25. The highest BCUT2D eigenvalue weighted by Crippen LogP contribution is 2.14. The molecule has 0 aliphatic carbocycles. The van der Waals surface area contributed by atoms with E-state index in [4.69, 9.17) is 12.2 Å². The molecule has 2 aromatic rings. The van der Waals surface area contributed by atoms with Crippen LogP contribution in [-0.2, 0) is 6.42 Å². The molecule has 1 heterocycles. The van der Waals surface area contributed by atoms with Gasteiger partial charge in [0.25, 0.3) is 0 Å². The van der Waals surface area contributed by atoms with E-state index in [1.165, 1.54) is 0 Å². The van der Waals surface area contributed by atoms with Gasteiger partial charge < -0.3 is 5.11 Å². The maximum Gasteiger partial charge on any atom is 0.199 e. The van der Waals surface area contributed by atoms with E-state index >= 15 is 0 Å².